The van der Waals surface area contributed by atoms with Crippen LogP contribution < -0.4 is 10.1 Å². The summed E-state index contributed by atoms with van der Waals surface area (Å²) in [5, 5.41) is 21.8. The summed E-state index contributed by atoms with van der Waals surface area (Å²) in [5.41, 5.74) is 2.40. The fraction of sp³-hybridized carbons (Fsp3) is 0.273. The van der Waals surface area contributed by atoms with Crippen LogP contribution in [-0.2, 0) is 4.79 Å². The lowest BCUT2D eigenvalue weighted by atomic mass is 9.98. The molecule has 140 valence electrons. The highest BCUT2D eigenvalue weighted by molar-refractivity contribution is 6.09. The SMILES string of the molecule is CCOc1cc(/C=C(\C#N)C(=O)Nc2ccc([C@H](C)CC)cc2)ccc1O. The van der Waals surface area contributed by atoms with Gasteiger partial charge in [-0.3, -0.25) is 4.79 Å². The number of phenolic OH excluding ortho intramolecular Hbond substituents is 1. The summed E-state index contributed by atoms with van der Waals surface area (Å²) in [5.74, 6) is 0.293. The lowest BCUT2D eigenvalue weighted by Gasteiger charge is -2.10. The van der Waals surface area contributed by atoms with Gasteiger partial charge in [0.1, 0.15) is 11.6 Å². The maximum absolute atomic E-state index is 12.4. The fourth-order valence-corrected chi connectivity index (χ4v) is 2.54. The Hall–Kier alpha value is -3.26. The van der Waals surface area contributed by atoms with E-state index in [4.69, 9.17) is 4.74 Å². The Morgan fingerprint density at radius 3 is 2.56 bits per heavy atom. The standard InChI is InChI=1S/C22H24N2O3/c1-4-15(3)17-7-9-19(10-8-17)24-22(26)18(14-23)12-16-6-11-20(25)21(13-16)27-5-2/h6-13,15,25H,4-5H2,1-3H3,(H,24,26)/b18-12+/t15-/m1/s1. The topological polar surface area (TPSA) is 82.3 Å². The van der Waals surface area contributed by atoms with E-state index in [-0.39, 0.29) is 11.3 Å². The number of carbonyl (C=O) groups is 1. The highest BCUT2D eigenvalue weighted by atomic mass is 16.5. The lowest BCUT2D eigenvalue weighted by molar-refractivity contribution is -0.112. The van der Waals surface area contributed by atoms with E-state index < -0.39 is 5.91 Å². The first kappa shape index (κ1) is 20.1. The molecule has 27 heavy (non-hydrogen) atoms. The predicted molar refractivity (Wildman–Crippen MR) is 107 cm³/mol. The molecule has 0 radical (unpaired) electrons. The van der Waals surface area contributed by atoms with Gasteiger partial charge >= 0.3 is 0 Å². The first-order valence-electron chi connectivity index (χ1n) is 8.97. The molecule has 0 aliphatic rings. The maximum atomic E-state index is 12.4. The molecule has 0 saturated heterocycles. The zero-order chi connectivity index (χ0) is 19.8. The summed E-state index contributed by atoms with van der Waals surface area (Å²) in [4.78, 5) is 12.4. The van der Waals surface area contributed by atoms with Crippen LogP contribution in [0.2, 0.25) is 0 Å². The summed E-state index contributed by atoms with van der Waals surface area (Å²) in [6.45, 7) is 6.49. The van der Waals surface area contributed by atoms with Crippen LogP contribution >= 0.6 is 0 Å². The first-order valence-corrected chi connectivity index (χ1v) is 8.97. The quantitative estimate of drug-likeness (QED) is 0.543. The van der Waals surface area contributed by atoms with Crippen molar-refractivity contribution >= 4 is 17.7 Å². The summed E-state index contributed by atoms with van der Waals surface area (Å²) in [7, 11) is 0. The van der Waals surface area contributed by atoms with Crippen LogP contribution in [0.1, 0.15) is 44.2 Å². The van der Waals surface area contributed by atoms with Gasteiger partial charge in [0.2, 0.25) is 0 Å². The van der Waals surface area contributed by atoms with Gasteiger partial charge in [-0.05, 0) is 60.7 Å². The van der Waals surface area contributed by atoms with Crippen LogP contribution in [0, 0.1) is 11.3 Å². The molecular formula is C22H24N2O3. The van der Waals surface area contributed by atoms with E-state index in [9.17, 15) is 15.2 Å². The highest BCUT2D eigenvalue weighted by Gasteiger charge is 2.11. The van der Waals surface area contributed by atoms with Crippen LogP contribution in [0.15, 0.2) is 48.0 Å². The molecule has 5 nitrogen and oxygen atoms in total. The number of benzene rings is 2. The van der Waals surface area contributed by atoms with Gasteiger partial charge < -0.3 is 15.2 Å². The first-order chi connectivity index (χ1) is 13.0. The molecule has 0 aliphatic heterocycles. The van der Waals surface area contributed by atoms with Crippen molar-refractivity contribution in [3.05, 3.63) is 59.2 Å². The van der Waals surface area contributed by atoms with E-state index >= 15 is 0 Å². The zero-order valence-electron chi connectivity index (χ0n) is 15.8. The molecule has 1 amide bonds. The Balaban J connectivity index is 2.17. The second kappa shape index (κ2) is 9.44. The molecule has 0 aromatic heterocycles. The lowest BCUT2D eigenvalue weighted by Crippen LogP contribution is -2.13. The van der Waals surface area contributed by atoms with Crippen molar-refractivity contribution < 1.29 is 14.6 Å². The maximum Gasteiger partial charge on any atom is 0.266 e. The molecule has 2 aromatic carbocycles. The summed E-state index contributed by atoms with van der Waals surface area (Å²) in [6, 6.07) is 14.2. The molecule has 2 aromatic rings. The van der Waals surface area contributed by atoms with Gasteiger partial charge in [0.15, 0.2) is 11.5 Å². The Kier molecular flexibility index (Phi) is 7.01. The number of nitriles is 1. The van der Waals surface area contributed by atoms with Gasteiger partial charge in [-0.2, -0.15) is 5.26 Å². The van der Waals surface area contributed by atoms with E-state index in [0.717, 1.165) is 6.42 Å². The van der Waals surface area contributed by atoms with E-state index in [0.29, 0.717) is 29.5 Å². The monoisotopic (exact) mass is 364 g/mol. The van der Waals surface area contributed by atoms with Crippen LogP contribution in [0.25, 0.3) is 6.08 Å². The summed E-state index contributed by atoms with van der Waals surface area (Å²) in [6.07, 6.45) is 2.51. The van der Waals surface area contributed by atoms with Gasteiger partial charge in [0.25, 0.3) is 5.91 Å². The largest absolute Gasteiger partial charge is 0.504 e. The third kappa shape index (κ3) is 5.35. The Morgan fingerprint density at radius 1 is 1.26 bits per heavy atom. The molecule has 0 fully saturated rings. The van der Waals surface area contributed by atoms with Crippen molar-refractivity contribution in [1.29, 1.82) is 5.26 Å². The normalized spacial score (nSPS) is 12.1. The van der Waals surface area contributed by atoms with Crippen LogP contribution in [-0.4, -0.2) is 17.6 Å². The Morgan fingerprint density at radius 2 is 1.96 bits per heavy atom. The van der Waals surface area contributed by atoms with Gasteiger partial charge in [-0.15, -0.1) is 0 Å². The third-order valence-electron chi connectivity index (χ3n) is 4.31. The minimum absolute atomic E-state index is 0.0124. The molecular weight excluding hydrogens is 340 g/mol. The van der Waals surface area contributed by atoms with Gasteiger partial charge in [0.05, 0.1) is 6.61 Å². The Bertz CT molecular complexity index is 864. The number of ether oxygens (including phenoxy) is 1. The summed E-state index contributed by atoms with van der Waals surface area (Å²) < 4.78 is 5.33. The van der Waals surface area contributed by atoms with E-state index in [1.54, 1.807) is 12.1 Å². The van der Waals surface area contributed by atoms with Gasteiger partial charge in [-0.25, -0.2) is 0 Å². The molecule has 0 saturated carbocycles. The average molecular weight is 364 g/mol. The van der Waals surface area contributed by atoms with Crippen molar-refractivity contribution in [3.8, 4) is 17.6 Å². The fourth-order valence-electron chi connectivity index (χ4n) is 2.54. The van der Waals surface area contributed by atoms with E-state index in [1.165, 1.54) is 17.7 Å². The molecule has 1 atom stereocenters. The number of amides is 1. The molecule has 0 unspecified atom stereocenters. The number of hydrogen-bond donors (Lipinski definition) is 2. The second-order valence-electron chi connectivity index (χ2n) is 6.22. The van der Waals surface area contributed by atoms with Crippen molar-refractivity contribution in [3.63, 3.8) is 0 Å². The number of nitrogens with zero attached hydrogens (tertiary/aromatic N) is 1. The number of aromatic hydroxyl groups is 1. The molecule has 2 rings (SSSR count). The smallest absolute Gasteiger partial charge is 0.266 e. The minimum atomic E-state index is -0.486. The Labute approximate surface area is 159 Å². The summed E-state index contributed by atoms with van der Waals surface area (Å²) >= 11 is 0. The molecule has 0 aliphatic carbocycles. The van der Waals surface area contributed by atoms with Gasteiger partial charge in [-0.1, -0.05) is 32.0 Å². The molecule has 2 N–H and O–H groups in total. The van der Waals surface area contributed by atoms with Crippen LogP contribution in [0.3, 0.4) is 0 Å². The highest BCUT2D eigenvalue weighted by Crippen LogP contribution is 2.28. The van der Waals surface area contributed by atoms with Crippen LogP contribution in [0.4, 0.5) is 5.69 Å². The zero-order valence-corrected chi connectivity index (χ0v) is 15.8. The number of carbonyl (C=O) groups excluding carboxylic acids is 1. The molecule has 0 bridgehead atoms. The van der Waals surface area contributed by atoms with Crippen molar-refractivity contribution in [1.82, 2.24) is 0 Å². The van der Waals surface area contributed by atoms with E-state index in [2.05, 4.69) is 19.2 Å². The third-order valence-corrected chi connectivity index (χ3v) is 4.31. The van der Waals surface area contributed by atoms with E-state index in [1.807, 2.05) is 37.3 Å². The number of rotatable bonds is 7. The second-order valence-corrected chi connectivity index (χ2v) is 6.22. The molecule has 0 heterocycles. The molecule has 0 spiro atoms. The minimum Gasteiger partial charge on any atom is -0.504 e. The number of nitrogens with one attached hydrogen (secondary N) is 1. The number of anilines is 1. The molecule has 5 heteroatoms. The number of phenols is 1. The van der Waals surface area contributed by atoms with Crippen molar-refractivity contribution in [2.45, 2.75) is 33.1 Å². The predicted octanol–water partition coefficient (Wildman–Crippen LogP) is 4.85. The van der Waals surface area contributed by atoms with Crippen molar-refractivity contribution in [2.75, 3.05) is 11.9 Å². The average Bonchev–Trinajstić information content (AvgIpc) is 2.68. The van der Waals surface area contributed by atoms with Gasteiger partial charge in [0, 0.05) is 5.69 Å². The van der Waals surface area contributed by atoms with Crippen LogP contribution in [0.5, 0.6) is 11.5 Å². The van der Waals surface area contributed by atoms with Crippen molar-refractivity contribution in [2.24, 2.45) is 0 Å². The number of hydrogen-bond acceptors (Lipinski definition) is 4.